The van der Waals surface area contributed by atoms with Crippen LogP contribution in [0.3, 0.4) is 0 Å². The van der Waals surface area contributed by atoms with Crippen LogP contribution in [0.2, 0.25) is 0 Å². The second-order valence-corrected chi connectivity index (χ2v) is 9.18. The zero-order valence-electron chi connectivity index (χ0n) is 14.5. The van der Waals surface area contributed by atoms with Gasteiger partial charge in [-0.1, -0.05) is 0 Å². The van der Waals surface area contributed by atoms with Gasteiger partial charge in [-0.25, -0.2) is 8.42 Å². The number of sulfonamides is 1. The predicted octanol–water partition coefficient (Wildman–Crippen LogP) is 3.86. The molecular weight excluding hydrogens is 358 g/mol. The van der Waals surface area contributed by atoms with Crippen LogP contribution >= 0.6 is 11.8 Å². The second-order valence-electron chi connectivity index (χ2n) is 5.93. The van der Waals surface area contributed by atoms with Crippen molar-refractivity contribution in [2.24, 2.45) is 0 Å². The first-order valence-electron chi connectivity index (χ1n) is 8.41. The predicted molar refractivity (Wildman–Crippen MR) is 99.6 cm³/mol. The van der Waals surface area contributed by atoms with Crippen LogP contribution in [0.5, 0.6) is 5.75 Å². The Hall–Kier alpha value is -1.44. The zero-order valence-corrected chi connectivity index (χ0v) is 16.1. The normalized spacial score (nSPS) is 19.5. The number of benzene rings is 1. The molecule has 1 aliphatic heterocycles. The topological polar surface area (TPSA) is 59.8 Å². The fraction of sp³-hybridized carbons (Fsp3) is 0.444. The summed E-state index contributed by atoms with van der Waals surface area (Å²) in [6, 6.07) is 8.90. The highest BCUT2D eigenvalue weighted by Gasteiger charge is 2.29. The SMILES string of the molecule is CCOc1ccc(S(=O)(=O)N2CCSC(c3ccco3)CC2)cc1C. The molecule has 7 heteroatoms. The lowest BCUT2D eigenvalue weighted by molar-refractivity contribution is 0.337. The third-order valence-corrected chi connectivity index (χ3v) is 7.43. The lowest BCUT2D eigenvalue weighted by Crippen LogP contribution is -2.33. The Balaban J connectivity index is 1.77. The molecule has 0 bridgehead atoms. The minimum Gasteiger partial charge on any atom is -0.494 e. The van der Waals surface area contributed by atoms with E-state index in [-0.39, 0.29) is 5.25 Å². The molecule has 0 amide bonds. The van der Waals surface area contributed by atoms with Crippen LogP contribution in [0.4, 0.5) is 0 Å². The highest BCUT2D eigenvalue weighted by atomic mass is 32.2. The first kappa shape index (κ1) is 18.4. The van der Waals surface area contributed by atoms with Crippen molar-refractivity contribution in [3.05, 3.63) is 47.9 Å². The average Bonchev–Trinajstić information content (AvgIpc) is 3.00. The number of hydrogen-bond donors (Lipinski definition) is 0. The molecule has 1 aliphatic rings. The average molecular weight is 382 g/mol. The summed E-state index contributed by atoms with van der Waals surface area (Å²) >= 11 is 1.75. The molecule has 1 unspecified atom stereocenters. The van der Waals surface area contributed by atoms with Gasteiger partial charge in [0.15, 0.2) is 0 Å². The van der Waals surface area contributed by atoms with Crippen LogP contribution in [0.25, 0.3) is 0 Å². The maximum absolute atomic E-state index is 13.0. The molecule has 2 heterocycles. The fourth-order valence-electron chi connectivity index (χ4n) is 2.94. The fourth-order valence-corrected chi connectivity index (χ4v) is 5.78. The van der Waals surface area contributed by atoms with E-state index in [1.807, 2.05) is 26.0 Å². The summed E-state index contributed by atoms with van der Waals surface area (Å²) in [5.41, 5.74) is 0.834. The van der Waals surface area contributed by atoms with Gasteiger partial charge in [0, 0.05) is 18.8 Å². The zero-order chi connectivity index (χ0) is 17.9. The summed E-state index contributed by atoms with van der Waals surface area (Å²) in [5, 5.41) is 0.206. The maximum Gasteiger partial charge on any atom is 0.243 e. The van der Waals surface area contributed by atoms with Gasteiger partial charge in [0.25, 0.3) is 0 Å². The smallest absolute Gasteiger partial charge is 0.243 e. The van der Waals surface area contributed by atoms with Crippen molar-refractivity contribution >= 4 is 21.8 Å². The van der Waals surface area contributed by atoms with Crippen molar-refractivity contribution in [3.63, 3.8) is 0 Å². The quantitative estimate of drug-likeness (QED) is 0.787. The minimum atomic E-state index is -3.50. The second kappa shape index (κ2) is 7.85. The Labute approximate surface area is 153 Å². The lowest BCUT2D eigenvalue weighted by Gasteiger charge is -2.20. The van der Waals surface area contributed by atoms with E-state index in [1.54, 1.807) is 40.5 Å². The third-order valence-electron chi connectivity index (χ3n) is 4.24. The Kier molecular flexibility index (Phi) is 5.76. The summed E-state index contributed by atoms with van der Waals surface area (Å²) in [6.45, 7) is 5.34. The molecule has 3 rings (SSSR count). The molecule has 136 valence electrons. The van der Waals surface area contributed by atoms with Crippen molar-refractivity contribution in [1.82, 2.24) is 4.31 Å². The van der Waals surface area contributed by atoms with Gasteiger partial charge in [-0.15, -0.1) is 11.8 Å². The van der Waals surface area contributed by atoms with E-state index in [1.165, 1.54) is 0 Å². The number of nitrogens with zero attached hydrogens (tertiary/aromatic N) is 1. The molecule has 1 aromatic carbocycles. The summed E-state index contributed by atoms with van der Waals surface area (Å²) in [5.74, 6) is 2.40. The van der Waals surface area contributed by atoms with Crippen LogP contribution in [-0.2, 0) is 10.0 Å². The number of furan rings is 1. The molecule has 1 fully saturated rings. The lowest BCUT2D eigenvalue weighted by atomic mass is 10.2. The highest BCUT2D eigenvalue weighted by Crippen LogP contribution is 2.36. The van der Waals surface area contributed by atoms with Gasteiger partial charge in [-0.3, -0.25) is 0 Å². The first-order chi connectivity index (χ1) is 12.0. The van der Waals surface area contributed by atoms with Crippen LogP contribution in [0.1, 0.15) is 29.9 Å². The van der Waals surface area contributed by atoms with Gasteiger partial charge in [-0.05, 0) is 56.2 Å². The highest BCUT2D eigenvalue weighted by molar-refractivity contribution is 7.99. The van der Waals surface area contributed by atoms with Gasteiger partial charge in [0.1, 0.15) is 11.5 Å². The third kappa shape index (κ3) is 4.04. The molecule has 1 aromatic heterocycles. The van der Waals surface area contributed by atoms with Gasteiger partial charge in [0.05, 0.1) is 23.0 Å². The van der Waals surface area contributed by atoms with Crippen molar-refractivity contribution in [3.8, 4) is 5.75 Å². The Morgan fingerprint density at radius 2 is 2.16 bits per heavy atom. The molecule has 25 heavy (non-hydrogen) atoms. The molecule has 0 saturated carbocycles. The summed E-state index contributed by atoms with van der Waals surface area (Å²) in [4.78, 5) is 0.329. The molecular formula is C18H23NO4S2. The standard InChI is InChI=1S/C18H23NO4S2/c1-3-22-16-7-6-15(13-14(16)2)25(20,21)19-9-8-18(24-12-10-19)17-5-4-11-23-17/h4-7,11,13,18H,3,8-10,12H2,1-2H3. The van der Waals surface area contributed by atoms with Crippen molar-refractivity contribution in [2.75, 3.05) is 25.4 Å². The number of ether oxygens (including phenoxy) is 1. The van der Waals surface area contributed by atoms with Crippen LogP contribution in [0.15, 0.2) is 45.9 Å². The van der Waals surface area contributed by atoms with E-state index in [9.17, 15) is 8.42 Å². The molecule has 0 radical (unpaired) electrons. The molecule has 0 N–H and O–H groups in total. The number of aryl methyl sites for hydroxylation is 1. The van der Waals surface area contributed by atoms with Gasteiger partial charge < -0.3 is 9.15 Å². The molecule has 2 aromatic rings. The van der Waals surface area contributed by atoms with E-state index in [0.29, 0.717) is 24.6 Å². The first-order valence-corrected chi connectivity index (χ1v) is 10.9. The number of hydrogen-bond acceptors (Lipinski definition) is 5. The Bertz CT molecular complexity index is 802. The van der Waals surface area contributed by atoms with E-state index in [4.69, 9.17) is 9.15 Å². The van der Waals surface area contributed by atoms with Crippen molar-refractivity contribution in [2.45, 2.75) is 30.4 Å². The molecule has 5 nitrogen and oxygen atoms in total. The number of thioether (sulfide) groups is 1. The largest absolute Gasteiger partial charge is 0.494 e. The minimum absolute atomic E-state index is 0.206. The summed E-state index contributed by atoms with van der Waals surface area (Å²) < 4.78 is 38.6. The van der Waals surface area contributed by atoms with E-state index >= 15 is 0 Å². The van der Waals surface area contributed by atoms with Crippen molar-refractivity contribution < 1.29 is 17.6 Å². The van der Waals surface area contributed by atoms with Gasteiger partial charge >= 0.3 is 0 Å². The van der Waals surface area contributed by atoms with Crippen LogP contribution in [-0.4, -0.2) is 38.2 Å². The van der Waals surface area contributed by atoms with Crippen molar-refractivity contribution in [1.29, 1.82) is 0 Å². The van der Waals surface area contributed by atoms with Gasteiger partial charge in [-0.2, -0.15) is 4.31 Å². The Morgan fingerprint density at radius 3 is 2.84 bits per heavy atom. The van der Waals surface area contributed by atoms with E-state index in [2.05, 4.69) is 0 Å². The molecule has 0 spiro atoms. The monoisotopic (exact) mass is 381 g/mol. The number of rotatable bonds is 5. The van der Waals surface area contributed by atoms with Gasteiger partial charge in [0.2, 0.25) is 10.0 Å². The molecule has 0 aliphatic carbocycles. The molecule has 1 atom stereocenters. The summed E-state index contributed by atoms with van der Waals surface area (Å²) in [7, 11) is -3.50. The van der Waals surface area contributed by atoms with E-state index < -0.39 is 10.0 Å². The van der Waals surface area contributed by atoms with E-state index in [0.717, 1.165) is 29.2 Å². The van der Waals surface area contributed by atoms with Crippen LogP contribution < -0.4 is 4.74 Å². The summed E-state index contributed by atoms with van der Waals surface area (Å²) in [6.07, 6.45) is 2.41. The van der Waals surface area contributed by atoms with Crippen LogP contribution in [0, 0.1) is 6.92 Å². The Morgan fingerprint density at radius 1 is 1.32 bits per heavy atom. The maximum atomic E-state index is 13.0. The molecule has 1 saturated heterocycles.